The maximum Gasteiger partial charge on any atom is 0.305 e. The van der Waals surface area contributed by atoms with Gasteiger partial charge in [-0.1, -0.05) is 240 Å². The first kappa shape index (κ1) is 64.7. The molecule has 0 radical (unpaired) electrons. The average molecular weight is 969 g/mol. The number of aromatic nitrogens is 2. The van der Waals surface area contributed by atoms with E-state index in [0.29, 0.717) is 43.9 Å². The summed E-state index contributed by atoms with van der Waals surface area (Å²) in [5, 5.41) is 0. The van der Waals surface area contributed by atoms with Gasteiger partial charge in [0.1, 0.15) is 0 Å². The molecule has 2 atom stereocenters. The summed E-state index contributed by atoms with van der Waals surface area (Å²) in [6.07, 6.45) is 63.5. The highest BCUT2D eigenvalue weighted by Gasteiger charge is 2.17. The molecule has 0 aliphatic heterocycles. The summed E-state index contributed by atoms with van der Waals surface area (Å²) in [5.41, 5.74) is 0. The third-order valence-electron chi connectivity index (χ3n) is 14.8. The highest BCUT2D eigenvalue weighted by molar-refractivity contribution is 5.69. The lowest BCUT2D eigenvalue weighted by Crippen LogP contribution is -2.33. The fourth-order valence-corrected chi connectivity index (χ4v) is 10.1. The Kier molecular flexibility index (Phi) is 47.5. The maximum atomic E-state index is 12.6. The van der Waals surface area contributed by atoms with Crippen LogP contribution in [-0.4, -0.2) is 52.2 Å². The molecule has 7 heteroatoms. The van der Waals surface area contributed by atoms with Gasteiger partial charge in [-0.2, -0.15) is 0 Å². The molecule has 0 fully saturated rings. The molecular formula is C62H117N3O4. The van der Waals surface area contributed by atoms with Crippen LogP contribution in [0.5, 0.6) is 0 Å². The van der Waals surface area contributed by atoms with Crippen LogP contribution in [-0.2, 0) is 25.6 Å². The van der Waals surface area contributed by atoms with Crippen LogP contribution in [0, 0.1) is 11.8 Å². The first-order chi connectivity index (χ1) is 34.0. The molecule has 0 N–H and O–H groups in total. The molecule has 0 amide bonds. The van der Waals surface area contributed by atoms with Crippen molar-refractivity contribution < 1.29 is 19.1 Å². The van der Waals surface area contributed by atoms with E-state index in [1.807, 2.05) is 12.5 Å². The van der Waals surface area contributed by atoms with E-state index in [4.69, 9.17) is 9.47 Å². The van der Waals surface area contributed by atoms with Gasteiger partial charge in [0.05, 0.1) is 19.5 Å². The third-order valence-corrected chi connectivity index (χ3v) is 14.8. The lowest BCUT2D eigenvalue weighted by atomic mass is 9.96. The minimum Gasteiger partial charge on any atom is -0.465 e. The Hall–Kier alpha value is -2.31. The van der Waals surface area contributed by atoms with Crippen molar-refractivity contribution in [2.24, 2.45) is 11.8 Å². The second-order valence-corrected chi connectivity index (χ2v) is 21.4. The molecular weight excluding hydrogens is 851 g/mol. The number of carbonyl (C=O) groups excluding carboxylic acids is 2. The number of allylic oxidation sites excluding steroid dienone is 1. The van der Waals surface area contributed by atoms with Crippen LogP contribution in [0.25, 0.3) is 0 Å². The van der Waals surface area contributed by atoms with Gasteiger partial charge in [-0.3, -0.25) is 9.59 Å². The summed E-state index contributed by atoms with van der Waals surface area (Å²) in [6, 6.07) is 0.544. The molecule has 7 nitrogen and oxygen atoms in total. The highest BCUT2D eigenvalue weighted by Crippen LogP contribution is 2.23. The van der Waals surface area contributed by atoms with Gasteiger partial charge >= 0.3 is 11.9 Å². The second-order valence-electron chi connectivity index (χ2n) is 21.4. The first-order valence-corrected chi connectivity index (χ1v) is 30.7. The Bertz CT molecular complexity index is 1180. The molecule has 1 heterocycles. The predicted octanol–water partition coefficient (Wildman–Crippen LogP) is 19.3. The van der Waals surface area contributed by atoms with E-state index < -0.39 is 0 Å². The van der Waals surface area contributed by atoms with Crippen molar-refractivity contribution in [1.82, 2.24) is 14.5 Å². The number of hydrogen-bond donors (Lipinski definition) is 0. The van der Waals surface area contributed by atoms with Crippen molar-refractivity contribution in [3.05, 3.63) is 31.0 Å². The van der Waals surface area contributed by atoms with Crippen molar-refractivity contribution >= 4 is 11.9 Å². The van der Waals surface area contributed by atoms with Crippen LogP contribution >= 0.6 is 0 Å². The first-order valence-electron chi connectivity index (χ1n) is 30.7. The number of hydrogen-bond acceptors (Lipinski definition) is 6. The summed E-state index contributed by atoms with van der Waals surface area (Å²) in [4.78, 5) is 32.3. The number of carbonyl (C=O) groups is 2. The Morgan fingerprint density at radius 2 is 0.855 bits per heavy atom. The molecule has 404 valence electrons. The van der Waals surface area contributed by atoms with Crippen LogP contribution in [0.15, 0.2) is 31.0 Å². The van der Waals surface area contributed by atoms with Gasteiger partial charge in [0.25, 0.3) is 0 Å². The van der Waals surface area contributed by atoms with Crippen molar-refractivity contribution in [2.75, 3.05) is 19.8 Å². The van der Waals surface area contributed by atoms with Crippen molar-refractivity contribution in [3.63, 3.8) is 0 Å². The lowest BCUT2D eigenvalue weighted by Gasteiger charge is -2.31. The largest absolute Gasteiger partial charge is 0.465 e. The van der Waals surface area contributed by atoms with Gasteiger partial charge < -0.3 is 18.9 Å². The Morgan fingerprint density at radius 3 is 1.29 bits per heavy atom. The monoisotopic (exact) mass is 968 g/mol. The topological polar surface area (TPSA) is 73.7 Å². The zero-order valence-corrected chi connectivity index (χ0v) is 46.8. The fourth-order valence-electron chi connectivity index (χ4n) is 10.1. The molecule has 1 aromatic rings. The van der Waals surface area contributed by atoms with Gasteiger partial charge in [0.15, 0.2) is 0 Å². The van der Waals surface area contributed by atoms with Gasteiger partial charge in [-0.25, -0.2) is 4.98 Å². The molecule has 69 heavy (non-hydrogen) atoms. The highest BCUT2D eigenvalue weighted by atomic mass is 16.5. The van der Waals surface area contributed by atoms with E-state index in [-0.39, 0.29) is 11.9 Å². The summed E-state index contributed by atoms with van der Waals surface area (Å²) >= 11 is 0. The zero-order chi connectivity index (χ0) is 49.9. The van der Waals surface area contributed by atoms with Gasteiger partial charge in [0, 0.05) is 44.4 Å². The van der Waals surface area contributed by atoms with Crippen LogP contribution in [0.1, 0.15) is 311 Å². The van der Waals surface area contributed by atoms with E-state index >= 15 is 0 Å². The summed E-state index contributed by atoms with van der Waals surface area (Å²) in [7, 11) is 0. The maximum absolute atomic E-state index is 12.6. The predicted molar refractivity (Wildman–Crippen MR) is 298 cm³/mol. The van der Waals surface area contributed by atoms with E-state index in [0.717, 1.165) is 38.8 Å². The number of ether oxygens (including phenoxy) is 2. The Balaban J connectivity index is 2.64. The van der Waals surface area contributed by atoms with Gasteiger partial charge in [-0.15, -0.1) is 0 Å². The quantitative estimate of drug-likeness (QED) is 0.0478. The molecule has 0 saturated carbocycles. The van der Waals surface area contributed by atoms with Crippen LogP contribution in [0.4, 0.5) is 0 Å². The number of esters is 2. The standard InChI is InChI=1S/C62H117N3O4/c1-6-11-16-19-20-21-22-23-24-29-34-41-51-65(54-53-64-52-50-63-57-64)60(46-37-30-25-27-32-39-48-61(66)68-55-58(42-14-9-4)44-35-17-12-7-2)47-38-31-26-28-33-40-49-62(67)69-56-59(43-15-10-5)45-36-18-13-8-3/h41,50-52,57-60H,6-40,42-49,53-56H2,1-5H3/b51-41+. The van der Waals surface area contributed by atoms with Crippen molar-refractivity contribution in [2.45, 2.75) is 323 Å². The number of rotatable bonds is 54. The molecule has 1 aromatic heterocycles. The average Bonchev–Trinajstić information content (AvgIpc) is 3.89. The van der Waals surface area contributed by atoms with Crippen molar-refractivity contribution in [3.8, 4) is 0 Å². The molecule has 0 spiro atoms. The second kappa shape index (κ2) is 50.6. The molecule has 0 bridgehead atoms. The molecule has 1 rings (SSSR count). The molecule has 2 unspecified atom stereocenters. The number of nitrogens with zero attached hydrogens (tertiary/aromatic N) is 3. The lowest BCUT2D eigenvalue weighted by molar-refractivity contribution is -0.146. The molecule has 0 aliphatic carbocycles. The van der Waals surface area contributed by atoms with Crippen LogP contribution < -0.4 is 0 Å². The van der Waals surface area contributed by atoms with Gasteiger partial charge in [0.2, 0.25) is 0 Å². The van der Waals surface area contributed by atoms with Crippen molar-refractivity contribution in [1.29, 1.82) is 0 Å². The van der Waals surface area contributed by atoms with E-state index in [2.05, 4.69) is 67.5 Å². The van der Waals surface area contributed by atoms with Crippen LogP contribution in [0.3, 0.4) is 0 Å². The Morgan fingerprint density at radius 1 is 0.478 bits per heavy atom. The molecule has 0 saturated heterocycles. The molecule has 0 aromatic carbocycles. The number of imidazole rings is 1. The third kappa shape index (κ3) is 42.0. The minimum atomic E-state index is 0.0134. The molecule has 0 aliphatic rings. The summed E-state index contributed by atoms with van der Waals surface area (Å²) < 4.78 is 13.8. The minimum absolute atomic E-state index is 0.0134. The SMILES string of the molecule is CCCCCCCCCCCC/C=C/N(CCn1ccnc1)C(CCCCCCCCC(=O)OCC(CCCC)CCCCCC)CCCCCCCCC(=O)OCC(CCCC)CCCCCC. The van der Waals surface area contributed by atoms with E-state index in [1.54, 1.807) is 0 Å². The van der Waals surface area contributed by atoms with E-state index in [1.165, 1.54) is 238 Å². The normalized spacial score (nSPS) is 13.0. The zero-order valence-electron chi connectivity index (χ0n) is 46.8. The smallest absolute Gasteiger partial charge is 0.305 e. The van der Waals surface area contributed by atoms with Crippen LogP contribution in [0.2, 0.25) is 0 Å². The fraction of sp³-hybridized carbons (Fsp3) is 0.887. The Labute approximate surface area is 429 Å². The van der Waals surface area contributed by atoms with E-state index in [9.17, 15) is 9.59 Å². The van der Waals surface area contributed by atoms with Gasteiger partial charge in [-0.05, 0) is 82.2 Å². The summed E-state index contributed by atoms with van der Waals surface area (Å²) in [5.74, 6) is 1.10. The summed E-state index contributed by atoms with van der Waals surface area (Å²) in [6.45, 7) is 14.6. The number of unbranched alkanes of at least 4 members (excludes halogenated alkanes) is 28.